The van der Waals surface area contributed by atoms with Gasteiger partial charge in [-0.1, -0.05) is 17.8 Å². The largest absolute Gasteiger partial charge is 0.350 e. The van der Waals surface area contributed by atoms with E-state index < -0.39 is 0 Å². The van der Waals surface area contributed by atoms with E-state index >= 15 is 0 Å². The van der Waals surface area contributed by atoms with E-state index in [1.807, 2.05) is 0 Å². The summed E-state index contributed by atoms with van der Waals surface area (Å²) in [7, 11) is 0. The van der Waals surface area contributed by atoms with E-state index in [-0.39, 0.29) is 5.91 Å². The van der Waals surface area contributed by atoms with Crippen LogP contribution in [0.1, 0.15) is 35.5 Å². The highest BCUT2D eigenvalue weighted by atomic mass is 35.5. The van der Waals surface area contributed by atoms with Crippen molar-refractivity contribution in [3.63, 3.8) is 0 Å². The third-order valence-corrected chi connectivity index (χ3v) is 5.02. The maximum atomic E-state index is 11.8. The quantitative estimate of drug-likeness (QED) is 0.918. The number of aromatic nitrogens is 2. The summed E-state index contributed by atoms with van der Waals surface area (Å²) in [5, 5.41) is 10.7. The number of fused-ring (bicyclic) bond motifs is 2. The van der Waals surface area contributed by atoms with Crippen molar-refractivity contribution < 1.29 is 4.79 Å². The number of nitrogens with one attached hydrogen (secondary N) is 1. The summed E-state index contributed by atoms with van der Waals surface area (Å²) in [5.74, 6) is 2.27. The summed E-state index contributed by atoms with van der Waals surface area (Å²) in [6, 6.07) is 0. The van der Waals surface area contributed by atoms with Crippen molar-refractivity contribution in [2.45, 2.75) is 25.7 Å². The molecule has 1 amide bonds. The molecule has 0 aromatic carbocycles. The van der Waals surface area contributed by atoms with Crippen molar-refractivity contribution in [1.82, 2.24) is 15.5 Å². The lowest BCUT2D eigenvalue weighted by Crippen LogP contribution is -2.31. The standard InChI is InChI=1S/C11H14ClN3OS/c12-11-15-14-10(17-11)9(16)13-5-8-4-6-1-2-7(8)3-6/h6-8H,1-5H2,(H,13,16). The molecule has 1 N–H and O–H groups in total. The molecular weight excluding hydrogens is 258 g/mol. The molecule has 1 heterocycles. The van der Waals surface area contributed by atoms with Gasteiger partial charge in [0.05, 0.1) is 0 Å². The average molecular weight is 272 g/mol. The number of nitrogens with zero attached hydrogens (tertiary/aromatic N) is 2. The molecule has 3 atom stereocenters. The molecule has 2 bridgehead atoms. The van der Waals surface area contributed by atoms with Gasteiger partial charge in [-0.25, -0.2) is 0 Å². The third-order valence-electron chi connectivity index (χ3n) is 4.00. The zero-order valence-corrected chi connectivity index (χ0v) is 10.9. The number of hydrogen-bond donors (Lipinski definition) is 1. The minimum atomic E-state index is -0.142. The van der Waals surface area contributed by atoms with Gasteiger partial charge in [0.25, 0.3) is 5.91 Å². The van der Waals surface area contributed by atoms with Gasteiger partial charge >= 0.3 is 0 Å². The third kappa shape index (κ3) is 2.31. The lowest BCUT2D eigenvalue weighted by Gasteiger charge is -2.21. The number of carbonyl (C=O) groups is 1. The molecule has 1 aromatic rings. The number of amides is 1. The number of halogens is 1. The Morgan fingerprint density at radius 3 is 2.88 bits per heavy atom. The first-order valence-corrected chi connectivity index (χ1v) is 7.19. The maximum Gasteiger partial charge on any atom is 0.282 e. The van der Waals surface area contributed by atoms with Gasteiger partial charge in [0.2, 0.25) is 9.47 Å². The Morgan fingerprint density at radius 2 is 2.29 bits per heavy atom. The molecule has 6 heteroatoms. The van der Waals surface area contributed by atoms with Gasteiger partial charge < -0.3 is 5.32 Å². The molecule has 1 aromatic heterocycles. The molecule has 2 aliphatic rings. The van der Waals surface area contributed by atoms with E-state index in [1.165, 1.54) is 25.7 Å². The molecule has 0 spiro atoms. The Balaban J connectivity index is 1.53. The van der Waals surface area contributed by atoms with Gasteiger partial charge in [0.15, 0.2) is 0 Å². The first-order valence-electron chi connectivity index (χ1n) is 5.99. The summed E-state index contributed by atoms with van der Waals surface area (Å²) < 4.78 is 0.315. The van der Waals surface area contributed by atoms with E-state index in [0.717, 1.165) is 29.7 Å². The van der Waals surface area contributed by atoms with E-state index in [9.17, 15) is 4.79 Å². The monoisotopic (exact) mass is 271 g/mol. The van der Waals surface area contributed by atoms with Crippen LogP contribution in [-0.2, 0) is 0 Å². The van der Waals surface area contributed by atoms with Crippen LogP contribution in [0.5, 0.6) is 0 Å². The topological polar surface area (TPSA) is 54.9 Å². The highest BCUT2D eigenvalue weighted by Crippen LogP contribution is 2.47. The van der Waals surface area contributed by atoms with Gasteiger partial charge in [0.1, 0.15) is 0 Å². The van der Waals surface area contributed by atoms with E-state index in [0.29, 0.717) is 15.4 Å². The Bertz CT molecular complexity index is 436. The van der Waals surface area contributed by atoms with Crippen LogP contribution < -0.4 is 5.32 Å². The summed E-state index contributed by atoms with van der Waals surface area (Å²) in [5.41, 5.74) is 0. The fraction of sp³-hybridized carbons (Fsp3) is 0.727. The van der Waals surface area contributed by atoms with Gasteiger partial charge in [-0.15, -0.1) is 10.2 Å². The Kier molecular flexibility index (Phi) is 3.04. The SMILES string of the molecule is O=C(NCC1CC2CCC1C2)c1nnc(Cl)s1. The van der Waals surface area contributed by atoms with E-state index in [4.69, 9.17) is 11.6 Å². The summed E-state index contributed by atoms with van der Waals surface area (Å²) >= 11 is 6.77. The fourth-order valence-electron chi connectivity index (χ4n) is 3.22. The Morgan fingerprint density at radius 1 is 1.41 bits per heavy atom. The first-order chi connectivity index (χ1) is 8.22. The smallest absolute Gasteiger partial charge is 0.282 e. The summed E-state index contributed by atoms with van der Waals surface area (Å²) in [4.78, 5) is 11.8. The highest BCUT2D eigenvalue weighted by Gasteiger charge is 2.39. The predicted molar refractivity (Wildman–Crippen MR) is 66.2 cm³/mol. The van der Waals surface area contributed by atoms with Crippen LogP contribution >= 0.6 is 22.9 Å². The molecule has 0 saturated heterocycles. The molecule has 92 valence electrons. The second-order valence-electron chi connectivity index (χ2n) is 5.01. The van der Waals surface area contributed by atoms with Crippen molar-refractivity contribution in [2.24, 2.45) is 17.8 Å². The lowest BCUT2D eigenvalue weighted by atomic mass is 9.89. The molecule has 2 aliphatic carbocycles. The zero-order chi connectivity index (χ0) is 11.8. The molecule has 4 nitrogen and oxygen atoms in total. The number of carbonyl (C=O) groups excluding carboxylic acids is 1. The fourth-order valence-corrected chi connectivity index (χ4v) is 3.97. The molecule has 2 saturated carbocycles. The normalized spacial score (nSPS) is 30.8. The lowest BCUT2D eigenvalue weighted by molar-refractivity contribution is 0.0940. The van der Waals surface area contributed by atoms with Gasteiger partial charge in [-0.3, -0.25) is 4.79 Å². The molecule has 0 aliphatic heterocycles. The molecule has 3 rings (SSSR count). The molecule has 17 heavy (non-hydrogen) atoms. The second-order valence-corrected chi connectivity index (χ2v) is 6.56. The molecule has 2 fully saturated rings. The predicted octanol–water partition coefficient (Wildman–Crippen LogP) is 2.36. The minimum absolute atomic E-state index is 0.142. The van der Waals surface area contributed by atoms with Crippen LogP contribution in [0.2, 0.25) is 4.47 Å². The second kappa shape index (κ2) is 4.53. The van der Waals surface area contributed by atoms with Crippen LogP contribution in [0, 0.1) is 17.8 Å². The van der Waals surface area contributed by atoms with Crippen LogP contribution in [0.3, 0.4) is 0 Å². The summed E-state index contributed by atoms with van der Waals surface area (Å²) in [6.07, 6.45) is 5.38. The first kappa shape index (κ1) is 11.4. The highest BCUT2D eigenvalue weighted by molar-refractivity contribution is 7.17. The van der Waals surface area contributed by atoms with Crippen LogP contribution in [-0.4, -0.2) is 22.6 Å². The summed E-state index contributed by atoms with van der Waals surface area (Å²) in [6.45, 7) is 0.775. The molecular formula is C11H14ClN3OS. The van der Waals surface area contributed by atoms with Crippen LogP contribution in [0.25, 0.3) is 0 Å². The van der Waals surface area contributed by atoms with Crippen LogP contribution in [0.4, 0.5) is 0 Å². The van der Waals surface area contributed by atoms with E-state index in [1.54, 1.807) is 0 Å². The minimum Gasteiger partial charge on any atom is -0.350 e. The van der Waals surface area contributed by atoms with Crippen molar-refractivity contribution in [3.05, 3.63) is 9.47 Å². The Hall–Kier alpha value is -0.680. The maximum absolute atomic E-state index is 11.8. The molecule has 0 radical (unpaired) electrons. The molecule has 3 unspecified atom stereocenters. The number of hydrogen-bond acceptors (Lipinski definition) is 4. The van der Waals surface area contributed by atoms with Crippen molar-refractivity contribution in [3.8, 4) is 0 Å². The average Bonchev–Trinajstić information content (AvgIpc) is 3.01. The van der Waals surface area contributed by atoms with Gasteiger partial charge in [0, 0.05) is 6.54 Å². The Labute approximate surface area is 109 Å². The number of rotatable bonds is 3. The van der Waals surface area contributed by atoms with Crippen molar-refractivity contribution in [2.75, 3.05) is 6.54 Å². The van der Waals surface area contributed by atoms with Crippen molar-refractivity contribution >= 4 is 28.8 Å². The van der Waals surface area contributed by atoms with Crippen molar-refractivity contribution in [1.29, 1.82) is 0 Å². The van der Waals surface area contributed by atoms with Gasteiger partial charge in [-0.05, 0) is 48.6 Å². The van der Waals surface area contributed by atoms with E-state index in [2.05, 4.69) is 15.5 Å². The van der Waals surface area contributed by atoms with Gasteiger partial charge in [-0.2, -0.15) is 0 Å². The van der Waals surface area contributed by atoms with Crippen LogP contribution in [0.15, 0.2) is 0 Å². The zero-order valence-electron chi connectivity index (χ0n) is 9.36.